The van der Waals surface area contributed by atoms with Gasteiger partial charge in [-0.3, -0.25) is 14.4 Å². The van der Waals surface area contributed by atoms with E-state index in [1.165, 1.54) is 0 Å². The van der Waals surface area contributed by atoms with Crippen LogP contribution < -0.4 is 0 Å². The lowest BCUT2D eigenvalue weighted by molar-refractivity contribution is -0.111. The van der Waals surface area contributed by atoms with Crippen LogP contribution in [0.4, 0.5) is 0 Å². The van der Waals surface area contributed by atoms with Crippen molar-refractivity contribution in [2.24, 2.45) is 0 Å². The summed E-state index contributed by atoms with van der Waals surface area (Å²) in [5.74, 6) is -2.22. The summed E-state index contributed by atoms with van der Waals surface area (Å²) in [6.07, 6.45) is 8.08. The molecule has 0 amide bonds. The molecule has 0 aromatic carbocycles. The Morgan fingerprint density at radius 3 is 2.52 bits per heavy atom. The van der Waals surface area contributed by atoms with Crippen LogP contribution in [-0.2, 0) is 4.79 Å². The van der Waals surface area contributed by atoms with Gasteiger partial charge in [-0.1, -0.05) is 41.4 Å². The quantitative estimate of drug-likeness (QED) is 0.615. The topological polar surface area (TPSA) is 64.3 Å². The summed E-state index contributed by atoms with van der Waals surface area (Å²) in [7, 11) is 0. The Labute approximate surface area is 129 Å². The summed E-state index contributed by atoms with van der Waals surface area (Å²) in [6, 6.07) is 0. The normalized spacial score (nSPS) is 17.9. The molecule has 4 nitrogen and oxygen atoms in total. The lowest BCUT2D eigenvalue weighted by Gasteiger charge is -2.10. The van der Waals surface area contributed by atoms with Gasteiger partial charge in [-0.25, -0.2) is 0 Å². The van der Waals surface area contributed by atoms with E-state index in [1.807, 2.05) is 6.08 Å². The number of ketones is 3. The molecule has 106 valence electrons. The number of halogens is 2. The third kappa shape index (κ3) is 2.11. The zero-order chi connectivity index (χ0) is 15.1. The minimum Gasteiger partial charge on any atom is -0.462 e. The molecule has 3 rings (SSSR count). The lowest BCUT2D eigenvalue weighted by atomic mass is 9.92. The summed E-state index contributed by atoms with van der Waals surface area (Å²) < 4.78 is 5.18. The van der Waals surface area contributed by atoms with Crippen LogP contribution >= 0.6 is 23.2 Å². The van der Waals surface area contributed by atoms with Gasteiger partial charge in [0.15, 0.2) is 11.5 Å². The van der Waals surface area contributed by atoms with Crippen LogP contribution in [-0.4, -0.2) is 17.3 Å². The Morgan fingerprint density at radius 1 is 1.10 bits per heavy atom. The Hall–Kier alpha value is -1.91. The number of carbonyl (C=O) groups is 3. The minimum absolute atomic E-state index is 0.0310. The molecule has 6 heteroatoms. The Balaban J connectivity index is 2.13. The maximum Gasteiger partial charge on any atom is 0.246 e. The number of Topliss-reactive ketones (excluding diaryl/α,β-unsaturated/α-hetero) is 3. The molecule has 1 aromatic rings. The average Bonchev–Trinajstić information content (AvgIpc) is 2.96. The molecule has 0 saturated heterocycles. The van der Waals surface area contributed by atoms with Crippen LogP contribution in [0.15, 0.2) is 39.5 Å². The SMILES string of the molecule is O=C1C(=O)c2c(C(=O)C3=CCCC=C3)coc2C(Cl)=C1Cl. The van der Waals surface area contributed by atoms with E-state index in [0.717, 1.165) is 19.1 Å². The molecular formula is C15H8Cl2O4. The predicted molar refractivity (Wildman–Crippen MR) is 77.5 cm³/mol. The number of allylic oxidation sites excluding steroid dienone is 5. The molecule has 0 fully saturated rings. The predicted octanol–water partition coefficient (Wildman–Crippen LogP) is 3.65. The van der Waals surface area contributed by atoms with Crippen molar-refractivity contribution >= 4 is 45.6 Å². The smallest absolute Gasteiger partial charge is 0.246 e. The molecule has 0 aliphatic heterocycles. The first-order chi connectivity index (χ1) is 10.0. The largest absolute Gasteiger partial charge is 0.462 e. The molecular weight excluding hydrogens is 315 g/mol. The van der Waals surface area contributed by atoms with E-state index in [2.05, 4.69) is 0 Å². The van der Waals surface area contributed by atoms with Crippen molar-refractivity contribution in [2.45, 2.75) is 12.8 Å². The number of hydrogen-bond donors (Lipinski definition) is 0. The second kappa shape index (κ2) is 5.13. The van der Waals surface area contributed by atoms with E-state index >= 15 is 0 Å². The lowest BCUT2D eigenvalue weighted by Crippen LogP contribution is -2.22. The fourth-order valence-corrected chi connectivity index (χ4v) is 2.66. The Morgan fingerprint density at radius 2 is 1.86 bits per heavy atom. The van der Waals surface area contributed by atoms with Crippen molar-refractivity contribution in [3.63, 3.8) is 0 Å². The van der Waals surface area contributed by atoms with Crippen molar-refractivity contribution in [1.82, 2.24) is 0 Å². The van der Waals surface area contributed by atoms with Crippen molar-refractivity contribution in [3.8, 4) is 0 Å². The molecule has 1 heterocycles. The highest BCUT2D eigenvalue weighted by Gasteiger charge is 2.38. The summed E-state index contributed by atoms with van der Waals surface area (Å²) in [6.45, 7) is 0. The molecule has 21 heavy (non-hydrogen) atoms. The number of hydrogen-bond acceptors (Lipinski definition) is 4. The average molecular weight is 323 g/mol. The van der Waals surface area contributed by atoms with Gasteiger partial charge in [-0.2, -0.15) is 0 Å². The minimum atomic E-state index is -0.933. The van der Waals surface area contributed by atoms with Crippen molar-refractivity contribution < 1.29 is 18.8 Å². The van der Waals surface area contributed by atoms with Gasteiger partial charge in [-0.05, 0) is 12.8 Å². The van der Waals surface area contributed by atoms with Crippen molar-refractivity contribution in [1.29, 1.82) is 0 Å². The van der Waals surface area contributed by atoms with Gasteiger partial charge in [0.25, 0.3) is 0 Å². The Bertz CT molecular complexity index is 778. The van der Waals surface area contributed by atoms with Crippen LogP contribution in [0, 0.1) is 0 Å². The highest BCUT2D eigenvalue weighted by atomic mass is 35.5. The van der Waals surface area contributed by atoms with Crippen molar-refractivity contribution in [2.75, 3.05) is 0 Å². The van der Waals surface area contributed by atoms with Gasteiger partial charge >= 0.3 is 0 Å². The van der Waals surface area contributed by atoms with Crippen LogP contribution in [0.25, 0.3) is 5.03 Å². The molecule has 0 atom stereocenters. The number of carbonyl (C=O) groups excluding carboxylic acids is 3. The molecule has 2 aliphatic rings. The maximum absolute atomic E-state index is 12.4. The standard InChI is InChI=1S/C15H8Cl2O4/c16-10-11(17)15-9(13(19)14(10)20)8(6-21-15)12(18)7-4-2-1-3-5-7/h2,4-6H,1,3H2. The van der Waals surface area contributed by atoms with Crippen LogP contribution in [0.1, 0.15) is 39.3 Å². The van der Waals surface area contributed by atoms with E-state index in [0.29, 0.717) is 5.57 Å². The second-order valence-electron chi connectivity index (χ2n) is 4.61. The monoisotopic (exact) mass is 322 g/mol. The number of furan rings is 1. The van der Waals surface area contributed by atoms with Gasteiger partial charge in [0, 0.05) is 5.57 Å². The molecule has 0 spiro atoms. The highest BCUT2D eigenvalue weighted by Crippen LogP contribution is 2.37. The highest BCUT2D eigenvalue weighted by molar-refractivity contribution is 6.71. The van der Waals surface area contributed by atoms with E-state index in [9.17, 15) is 14.4 Å². The third-order valence-electron chi connectivity index (χ3n) is 3.32. The zero-order valence-corrected chi connectivity index (χ0v) is 12.1. The summed E-state index contributed by atoms with van der Waals surface area (Å²) in [5.41, 5.74) is 0.379. The van der Waals surface area contributed by atoms with Gasteiger partial charge in [-0.15, -0.1) is 0 Å². The Kier molecular flexibility index (Phi) is 3.43. The fraction of sp³-hybridized carbons (Fsp3) is 0.133. The molecule has 1 aromatic heterocycles. The summed E-state index contributed by atoms with van der Waals surface area (Å²) >= 11 is 11.6. The van der Waals surface area contributed by atoms with Gasteiger partial charge < -0.3 is 4.42 Å². The first kappa shape index (κ1) is 14.0. The molecule has 0 N–H and O–H groups in total. The summed E-state index contributed by atoms with van der Waals surface area (Å²) in [4.78, 5) is 36.2. The number of rotatable bonds is 2. The molecule has 2 aliphatic carbocycles. The second-order valence-corrected chi connectivity index (χ2v) is 5.36. The van der Waals surface area contributed by atoms with Crippen molar-refractivity contribution in [3.05, 3.63) is 52.0 Å². The van der Waals surface area contributed by atoms with Gasteiger partial charge in [0.1, 0.15) is 16.3 Å². The molecule has 0 bridgehead atoms. The van der Waals surface area contributed by atoms with Crippen LogP contribution in [0.5, 0.6) is 0 Å². The molecule has 0 radical (unpaired) electrons. The molecule has 0 unspecified atom stereocenters. The van der Waals surface area contributed by atoms with Gasteiger partial charge in [0.2, 0.25) is 11.6 Å². The zero-order valence-electron chi connectivity index (χ0n) is 10.6. The first-order valence-electron chi connectivity index (χ1n) is 6.20. The van der Waals surface area contributed by atoms with E-state index < -0.39 is 11.6 Å². The summed E-state index contributed by atoms with van der Waals surface area (Å²) in [5, 5.41) is -0.539. The number of fused-ring (bicyclic) bond motifs is 1. The fourth-order valence-electron chi connectivity index (χ4n) is 2.26. The van der Waals surface area contributed by atoms with Gasteiger partial charge in [0.05, 0.1) is 11.1 Å². The third-order valence-corrected chi connectivity index (χ3v) is 4.14. The maximum atomic E-state index is 12.4. The van der Waals surface area contributed by atoms with Crippen LogP contribution in [0.3, 0.4) is 0 Å². The van der Waals surface area contributed by atoms with Crippen LogP contribution in [0.2, 0.25) is 0 Å². The molecule has 0 saturated carbocycles. The van der Waals surface area contributed by atoms with E-state index in [1.54, 1.807) is 12.2 Å². The van der Waals surface area contributed by atoms with E-state index in [4.69, 9.17) is 27.6 Å². The van der Waals surface area contributed by atoms with E-state index in [-0.39, 0.29) is 32.7 Å². The first-order valence-corrected chi connectivity index (χ1v) is 6.95.